The van der Waals surface area contributed by atoms with Crippen LogP contribution in [0.4, 0.5) is 5.69 Å². The molecule has 0 spiro atoms. The second-order valence-corrected chi connectivity index (χ2v) is 4.32. The minimum absolute atomic E-state index is 0.269. The summed E-state index contributed by atoms with van der Waals surface area (Å²) in [5, 5.41) is 5.80. The Morgan fingerprint density at radius 3 is 2.95 bits per heavy atom. The first-order chi connectivity index (χ1) is 9.72. The van der Waals surface area contributed by atoms with Crippen LogP contribution in [-0.4, -0.2) is 44.3 Å². The van der Waals surface area contributed by atoms with Crippen LogP contribution >= 0.6 is 0 Å². The molecule has 1 unspecified atom stereocenters. The van der Waals surface area contributed by atoms with Crippen LogP contribution in [0.2, 0.25) is 0 Å². The van der Waals surface area contributed by atoms with E-state index in [0.717, 1.165) is 6.54 Å². The number of hydrogen-bond acceptors (Lipinski definition) is 5. The van der Waals surface area contributed by atoms with Crippen LogP contribution in [0, 0.1) is 0 Å². The average molecular weight is 278 g/mol. The van der Waals surface area contributed by atoms with Crippen molar-refractivity contribution in [1.82, 2.24) is 5.32 Å². The first kappa shape index (κ1) is 14.5. The van der Waals surface area contributed by atoms with Gasteiger partial charge >= 0.3 is 5.97 Å². The largest absolute Gasteiger partial charge is 0.462 e. The third kappa shape index (κ3) is 3.55. The number of benzene rings is 1. The summed E-state index contributed by atoms with van der Waals surface area (Å²) in [6, 6.07) is 6.76. The maximum Gasteiger partial charge on any atom is 0.340 e. The highest BCUT2D eigenvalue weighted by molar-refractivity contribution is 6.02. The van der Waals surface area contributed by atoms with Gasteiger partial charge in [-0.3, -0.25) is 4.79 Å². The number of amides is 1. The minimum atomic E-state index is -0.543. The molecule has 1 heterocycles. The molecule has 2 rings (SSSR count). The fourth-order valence-corrected chi connectivity index (χ4v) is 1.93. The van der Waals surface area contributed by atoms with Crippen LogP contribution < -0.4 is 10.6 Å². The average Bonchev–Trinajstić information content (AvgIpc) is 2.49. The van der Waals surface area contributed by atoms with Gasteiger partial charge in [0.15, 0.2) is 0 Å². The van der Waals surface area contributed by atoms with Gasteiger partial charge in [-0.05, 0) is 19.1 Å². The summed E-state index contributed by atoms with van der Waals surface area (Å²) in [6.45, 7) is 3.73. The molecule has 6 heteroatoms. The minimum Gasteiger partial charge on any atom is -0.462 e. The van der Waals surface area contributed by atoms with Gasteiger partial charge in [0.25, 0.3) is 5.91 Å². The third-order valence-corrected chi connectivity index (χ3v) is 2.90. The second kappa shape index (κ2) is 7.02. The zero-order chi connectivity index (χ0) is 14.4. The maximum absolute atomic E-state index is 12.1. The smallest absolute Gasteiger partial charge is 0.340 e. The van der Waals surface area contributed by atoms with E-state index in [1.165, 1.54) is 0 Å². The van der Waals surface area contributed by atoms with Crippen molar-refractivity contribution in [3.05, 3.63) is 29.8 Å². The molecule has 6 nitrogen and oxygen atoms in total. The number of esters is 1. The standard InChI is InChI=1S/C14H18N2O4/c1-2-19-14(18)10-5-3-4-6-11(10)16-13(17)12-9-15-7-8-20-12/h3-6,12,15H,2,7-9H2,1H3,(H,16,17). The van der Waals surface area contributed by atoms with E-state index >= 15 is 0 Å². The van der Waals surface area contributed by atoms with Gasteiger partial charge in [0, 0.05) is 13.1 Å². The predicted octanol–water partition coefficient (Wildman–Crippen LogP) is 0.790. The molecule has 0 saturated carbocycles. The number of para-hydroxylation sites is 1. The molecule has 2 N–H and O–H groups in total. The number of morpholine rings is 1. The Hall–Kier alpha value is -1.92. The fraction of sp³-hybridized carbons (Fsp3) is 0.429. The van der Waals surface area contributed by atoms with Crippen LogP contribution in [0.1, 0.15) is 17.3 Å². The van der Waals surface area contributed by atoms with Crippen molar-refractivity contribution >= 4 is 17.6 Å². The van der Waals surface area contributed by atoms with Gasteiger partial charge in [0.2, 0.25) is 0 Å². The van der Waals surface area contributed by atoms with E-state index in [0.29, 0.717) is 24.4 Å². The van der Waals surface area contributed by atoms with Gasteiger partial charge in [-0.15, -0.1) is 0 Å². The van der Waals surface area contributed by atoms with Crippen molar-refractivity contribution in [3.63, 3.8) is 0 Å². The number of anilines is 1. The van der Waals surface area contributed by atoms with Crippen LogP contribution in [0.3, 0.4) is 0 Å². The zero-order valence-electron chi connectivity index (χ0n) is 11.3. The molecule has 1 amide bonds. The Morgan fingerprint density at radius 1 is 1.45 bits per heavy atom. The van der Waals surface area contributed by atoms with Crippen molar-refractivity contribution < 1.29 is 19.1 Å². The molecule has 1 atom stereocenters. The Bertz CT molecular complexity index is 484. The summed E-state index contributed by atoms with van der Waals surface area (Å²) in [5.41, 5.74) is 0.775. The Morgan fingerprint density at radius 2 is 2.25 bits per heavy atom. The Kier molecular flexibility index (Phi) is 5.09. The highest BCUT2D eigenvalue weighted by atomic mass is 16.5. The van der Waals surface area contributed by atoms with Crippen molar-refractivity contribution in [2.45, 2.75) is 13.0 Å². The zero-order valence-corrected chi connectivity index (χ0v) is 11.3. The van der Waals surface area contributed by atoms with Gasteiger partial charge in [-0.25, -0.2) is 4.79 Å². The summed E-state index contributed by atoms with van der Waals surface area (Å²) in [5.74, 6) is -0.722. The normalized spacial score (nSPS) is 18.4. The molecule has 1 aliphatic rings. The van der Waals surface area contributed by atoms with Crippen LogP contribution in [0.25, 0.3) is 0 Å². The molecule has 0 aromatic heterocycles. The monoisotopic (exact) mass is 278 g/mol. The lowest BCUT2D eigenvalue weighted by Gasteiger charge is -2.23. The van der Waals surface area contributed by atoms with Crippen LogP contribution in [-0.2, 0) is 14.3 Å². The molecular weight excluding hydrogens is 260 g/mol. The molecular formula is C14H18N2O4. The SMILES string of the molecule is CCOC(=O)c1ccccc1NC(=O)C1CNCCO1. The molecule has 0 aliphatic carbocycles. The van der Waals surface area contributed by atoms with Gasteiger partial charge in [-0.2, -0.15) is 0 Å². The molecule has 1 saturated heterocycles. The molecule has 1 aromatic carbocycles. The first-order valence-corrected chi connectivity index (χ1v) is 6.61. The van der Waals surface area contributed by atoms with E-state index in [9.17, 15) is 9.59 Å². The first-order valence-electron chi connectivity index (χ1n) is 6.61. The molecule has 0 radical (unpaired) electrons. The van der Waals surface area contributed by atoms with E-state index in [1.54, 1.807) is 31.2 Å². The van der Waals surface area contributed by atoms with Crippen molar-refractivity contribution in [1.29, 1.82) is 0 Å². The van der Waals surface area contributed by atoms with Gasteiger partial charge in [0.1, 0.15) is 6.10 Å². The molecule has 1 fully saturated rings. The van der Waals surface area contributed by atoms with E-state index < -0.39 is 12.1 Å². The second-order valence-electron chi connectivity index (χ2n) is 4.32. The predicted molar refractivity (Wildman–Crippen MR) is 73.6 cm³/mol. The van der Waals surface area contributed by atoms with Gasteiger partial charge in [-0.1, -0.05) is 12.1 Å². The third-order valence-electron chi connectivity index (χ3n) is 2.90. The summed E-state index contributed by atoms with van der Waals surface area (Å²) < 4.78 is 10.3. The molecule has 108 valence electrons. The van der Waals surface area contributed by atoms with Crippen LogP contribution in [0.15, 0.2) is 24.3 Å². The van der Waals surface area contributed by atoms with E-state index in [4.69, 9.17) is 9.47 Å². The highest BCUT2D eigenvalue weighted by Gasteiger charge is 2.23. The maximum atomic E-state index is 12.1. The Balaban J connectivity index is 2.08. The Labute approximate surface area is 117 Å². The highest BCUT2D eigenvalue weighted by Crippen LogP contribution is 2.17. The van der Waals surface area contributed by atoms with Crippen molar-refractivity contribution in [2.24, 2.45) is 0 Å². The molecule has 1 aromatic rings. The molecule has 20 heavy (non-hydrogen) atoms. The quantitative estimate of drug-likeness (QED) is 0.796. The fourth-order valence-electron chi connectivity index (χ4n) is 1.93. The summed E-state index contributed by atoms with van der Waals surface area (Å²) >= 11 is 0. The number of carbonyl (C=O) groups is 2. The van der Waals surface area contributed by atoms with E-state index in [2.05, 4.69) is 10.6 Å². The number of ether oxygens (including phenoxy) is 2. The van der Waals surface area contributed by atoms with E-state index in [-0.39, 0.29) is 12.5 Å². The lowest BCUT2D eigenvalue weighted by atomic mass is 10.1. The molecule has 0 bridgehead atoms. The summed E-state index contributed by atoms with van der Waals surface area (Å²) in [4.78, 5) is 23.9. The lowest BCUT2D eigenvalue weighted by Crippen LogP contribution is -2.45. The lowest BCUT2D eigenvalue weighted by molar-refractivity contribution is -0.128. The summed E-state index contributed by atoms with van der Waals surface area (Å²) in [7, 11) is 0. The van der Waals surface area contributed by atoms with Crippen LogP contribution in [0.5, 0.6) is 0 Å². The van der Waals surface area contributed by atoms with E-state index in [1.807, 2.05) is 0 Å². The van der Waals surface area contributed by atoms with Crippen molar-refractivity contribution in [3.8, 4) is 0 Å². The topological polar surface area (TPSA) is 76.7 Å². The van der Waals surface area contributed by atoms with Gasteiger partial charge in [0.05, 0.1) is 24.5 Å². The number of rotatable bonds is 4. The number of nitrogens with one attached hydrogen (secondary N) is 2. The summed E-state index contributed by atoms with van der Waals surface area (Å²) in [6.07, 6.45) is -0.543. The number of hydrogen-bond donors (Lipinski definition) is 2. The molecule has 1 aliphatic heterocycles. The number of carbonyl (C=O) groups excluding carboxylic acids is 2. The van der Waals surface area contributed by atoms with Crippen molar-refractivity contribution in [2.75, 3.05) is 31.6 Å². The van der Waals surface area contributed by atoms with Gasteiger partial charge < -0.3 is 20.1 Å².